The number of hydrogen-bond donors (Lipinski definition) is 1. The molecule has 21 heavy (non-hydrogen) atoms. The van der Waals surface area contributed by atoms with Crippen molar-refractivity contribution in [3.63, 3.8) is 0 Å². The number of hydrogen-bond acceptors (Lipinski definition) is 5. The van der Waals surface area contributed by atoms with Gasteiger partial charge < -0.3 is 14.3 Å². The Hall–Kier alpha value is -2.89. The summed E-state index contributed by atoms with van der Waals surface area (Å²) in [6, 6.07) is 10.5. The molecule has 2 heterocycles. The van der Waals surface area contributed by atoms with Crippen LogP contribution in [0.5, 0.6) is 0 Å². The second-order valence-electron chi connectivity index (χ2n) is 4.38. The van der Waals surface area contributed by atoms with E-state index in [1.165, 1.54) is 6.26 Å². The molecule has 0 aliphatic carbocycles. The van der Waals surface area contributed by atoms with E-state index in [2.05, 4.69) is 15.5 Å². The summed E-state index contributed by atoms with van der Waals surface area (Å²) >= 11 is 0. The van der Waals surface area contributed by atoms with Crippen molar-refractivity contribution in [3.8, 4) is 11.5 Å². The minimum absolute atomic E-state index is 0.256. The maximum Gasteiger partial charge on any atom is 0.291 e. The number of nitrogens with one attached hydrogen (secondary N) is 1. The molecule has 0 unspecified atom stereocenters. The molecule has 6 heteroatoms. The Balaban J connectivity index is 1.81. The molecular weight excluding hydrogens is 270 g/mol. The first-order chi connectivity index (χ1) is 10.3. The average molecular weight is 283 g/mol. The molecule has 0 saturated carbocycles. The quantitative estimate of drug-likeness (QED) is 0.795. The highest BCUT2D eigenvalue weighted by molar-refractivity contribution is 6.02. The van der Waals surface area contributed by atoms with Crippen LogP contribution in [0.2, 0.25) is 0 Å². The van der Waals surface area contributed by atoms with Crippen molar-refractivity contribution in [1.82, 2.24) is 10.1 Å². The number of carbonyl (C=O) groups excluding carboxylic acids is 1. The van der Waals surface area contributed by atoms with E-state index >= 15 is 0 Å². The van der Waals surface area contributed by atoms with Crippen LogP contribution in [0, 0.1) is 0 Å². The van der Waals surface area contributed by atoms with E-state index in [9.17, 15) is 4.79 Å². The molecule has 1 N–H and O–H groups in total. The molecule has 2 aromatic heterocycles. The van der Waals surface area contributed by atoms with Crippen LogP contribution in [0.3, 0.4) is 0 Å². The summed E-state index contributed by atoms with van der Waals surface area (Å²) in [5, 5.41) is 6.61. The Labute approximate surface area is 120 Å². The summed E-state index contributed by atoms with van der Waals surface area (Å²) in [6.07, 6.45) is 2.16. The van der Waals surface area contributed by atoms with Crippen molar-refractivity contribution < 1.29 is 13.7 Å². The van der Waals surface area contributed by atoms with Gasteiger partial charge in [0.15, 0.2) is 11.6 Å². The summed E-state index contributed by atoms with van der Waals surface area (Å²) in [4.78, 5) is 16.2. The predicted octanol–water partition coefficient (Wildman–Crippen LogP) is 3.14. The average Bonchev–Trinajstić information content (AvgIpc) is 3.19. The first-order valence-electron chi connectivity index (χ1n) is 6.54. The number of rotatable bonds is 4. The molecule has 3 aromatic rings. The van der Waals surface area contributed by atoms with E-state index in [4.69, 9.17) is 8.94 Å². The Morgan fingerprint density at radius 1 is 1.29 bits per heavy atom. The van der Waals surface area contributed by atoms with Gasteiger partial charge >= 0.3 is 0 Å². The van der Waals surface area contributed by atoms with Gasteiger partial charge in [-0.25, -0.2) is 0 Å². The second kappa shape index (κ2) is 5.62. The molecule has 1 aromatic carbocycles. The lowest BCUT2D eigenvalue weighted by atomic mass is 10.2. The van der Waals surface area contributed by atoms with Gasteiger partial charge in [0.05, 0.1) is 6.26 Å². The molecule has 0 aliphatic rings. The van der Waals surface area contributed by atoms with Crippen molar-refractivity contribution in [1.29, 1.82) is 0 Å². The molecule has 1 amide bonds. The van der Waals surface area contributed by atoms with Gasteiger partial charge in [0, 0.05) is 17.7 Å². The van der Waals surface area contributed by atoms with Crippen LogP contribution in [0.15, 0.2) is 51.6 Å². The second-order valence-corrected chi connectivity index (χ2v) is 4.38. The van der Waals surface area contributed by atoms with Crippen molar-refractivity contribution in [3.05, 3.63) is 54.2 Å². The maximum atomic E-state index is 11.9. The fourth-order valence-electron chi connectivity index (χ4n) is 1.85. The Kier molecular flexibility index (Phi) is 3.51. The zero-order valence-corrected chi connectivity index (χ0v) is 11.4. The third-order valence-electron chi connectivity index (χ3n) is 2.90. The summed E-state index contributed by atoms with van der Waals surface area (Å²) in [7, 11) is 0. The molecule has 0 saturated heterocycles. The molecular formula is C15H13N3O3. The van der Waals surface area contributed by atoms with Crippen LogP contribution in [0.4, 0.5) is 5.69 Å². The van der Waals surface area contributed by atoms with Crippen molar-refractivity contribution >= 4 is 11.6 Å². The van der Waals surface area contributed by atoms with E-state index in [0.717, 1.165) is 5.56 Å². The molecule has 0 bridgehead atoms. The molecule has 106 valence electrons. The number of amides is 1. The normalized spacial score (nSPS) is 10.5. The Morgan fingerprint density at radius 2 is 2.19 bits per heavy atom. The smallest absolute Gasteiger partial charge is 0.291 e. The van der Waals surface area contributed by atoms with Crippen LogP contribution in [-0.2, 0) is 6.42 Å². The van der Waals surface area contributed by atoms with Crippen LogP contribution in [0.25, 0.3) is 11.5 Å². The maximum absolute atomic E-state index is 11.9. The van der Waals surface area contributed by atoms with Crippen LogP contribution < -0.4 is 5.32 Å². The monoisotopic (exact) mass is 283 g/mol. The van der Waals surface area contributed by atoms with E-state index < -0.39 is 0 Å². The molecule has 0 atom stereocenters. The van der Waals surface area contributed by atoms with Gasteiger partial charge in [-0.3, -0.25) is 4.79 Å². The van der Waals surface area contributed by atoms with Crippen molar-refractivity contribution in [2.24, 2.45) is 0 Å². The van der Waals surface area contributed by atoms with E-state index in [0.29, 0.717) is 23.8 Å². The molecule has 0 fully saturated rings. The van der Waals surface area contributed by atoms with Crippen LogP contribution in [0.1, 0.15) is 23.3 Å². The van der Waals surface area contributed by atoms with Gasteiger partial charge in [0.25, 0.3) is 11.8 Å². The zero-order valence-electron chi connectivity index (χ0n) is 11.4. The number of carbonyl (C=O) groups is 1. The Bertz CT molecular complexity index is 747. The van der Waals surface area contributed by atoms with Gasteiger partial charge in [-0.05, 0) is 30.3 Å². The lowest BCUT2D eigenvalue weighted by Crippen LogP contribution is -2.10. The highest BCUT2D eigenvalue weighted by Crippen LogP contribution is 2.21. The number of benzene rings is 1. The van der Waals surface area contributed by atoms with Gasteiger partial charge in [0.2, 0.25) is 0 Å². The number of anilines is 1. The van der Waals surface area contributed by atoms with Crippen molar-refractivity contribution in [2.45, 2.75) is 13.3 Å². The summed E-state index contributed by atoms with van der Waals surface area (Å²) in [5.41, 5.74) is 1.38. The summed E-state index contributed by atoms with van der Waals surface area (Å²) in [5.74, 6) is 1.03. The number of aryl methyl sites for hydroxylation is 1. The third kappa shape index (κ3) is 2.84. The minimum atomic E-state index is -0.308. The largest absolute Gasteiger partial charge is 0.459 e. The molecule has 6 nitrogen and oxygen atoms in total. The standard InChI is InChI=1S/C15H13N3O3/c1-2-13-17-15(21-18-13)10-5-3-6-11(9-10)16-14(19)12-7-4-8-20-12/h3-9H,2H2,1H3,(H,16,19). The van der Waals surface area contributed by atoms with Gasteiger partial charge in [-0.1, -0.05) is 18.1 Å². The third-order valence-corrected chi connectivity index (χ3v) is 2.90. The molecule has 3 rings (SSSR count). The topological polar surface area (TPSA) is 81.2 Å². The fourth-order valence-corrected chi connectivity index (χ4v) is 1.85. The Morgan fingerprint density at radius 3 is 2.90 bits per heavy atom. The van der Waals surface area contributed by atoms with E-state index in [-0.39, 0.29) is 11.7 Å². The van der Waals surface area contributed by atoms with Crippen molar-refractivity contribution in [2.75, 3.05) is 5.32 Å². The molecule has 0 radical (unpaired) electrons. The fraction of sp³-hybridized carbons (Fsp3) is 0.133. The predicted molar refractivity (Wildman–Crippen MR) is 75.8 cm³/mol. The van der Waals surface area contributed by atoms with E-state index in [1.807, 2.05) is 19.1 Å². The van der Waals surface area contributed by atoms with Gasteiger partial charge in [-0.2, -0.15) is 4.98 Å². The van der Waals surface area contributed by atoms with Gasteiger partial charge in [0.1, 0.15) is 0 Å². The number of aromatic nitrogens is 2. The summed E-state index contributed by atoms with van der Waals surface area (Å²) < 4.78 is 10.2. The number of nitrogens with zero attached hydrogens (tertiary/aromatic N) is 2. The lowest BCUT2D eigenvalue weighted by Gasteiger charge is -2.04. The summed E-state index contributed by atoms with van der Waals surface area (Å²) in [6.45, 7) is 1.95. The SMILES string of the molecule is CCc1noc(-c2cccc(NC(=O)c3ccco3)c2)n1. The minimum Gasteiger partial charge on any atom is -0.459 e. The first-order valence-corrected chi connectivity index (χ1v) is 6.54. The molecule has 0 aliphatic heterocycles. The number of furan rings is 1. The lowest BCUT2D eigenvalue weighted by molar-refractivity contribution is 0.0996. The van der Waals surface area contributed by atoms with Gasteiger partial charge in [-0.15, -0.1) is 0 Å². The molecule has 0 spiro atoms. The highest BCUT2D eigenvalue weighted by atomic mass is 16.5. The first kappa shape index (κ1) is 13.1. The zero-order chi connectivity index (χ0) is 14.7. The van der Waals surface area contributed by atoms with Crippen LogP contribution in [-0.4, -0.2) is 16.0 Å². The van der Waals surface area contributed by atoms with Crippen LogP contribution >= 0.6 is 0 Å². The van der Waals surface area contributed by atoms with E-state index in [1.54, 1.807) is 24.3 Å². The highest BCUT2D eigenvalue weighted by Gasteiger charge is 2.11.